The van der Waals surface area contributed by atoms with Gasteiger partial charge in [0.25, 0.3) is 0 Å². The van der Waals surface area contributed by atoms with Gasteiger partial charge in [0, 0.05) is 19.1 Å². The van der Waals surface area contributed by atoms with Crippen molar-refractivity contribution in [2.75, 3.05) is 7.11 Å². The Bertz CT molecular complexity index is 371. The average molecular weight is 216 g/mol. The zero-order valence-corrected chi connectivity index (χ0v) is 10.4. The van der Waals surface area contributed by atoms with Crippen LogP contribution in [0.1, 0.15) is 50.3 Å². The van der Waals surface area contributed by atoms with Gasteiger partial charge < -0.3 is 4.74 Å². The molecule has 0 N–H and O–H groups in total. The Morgan fingerprint density at radius 2 is 2.06 bits per heavy atom. The zero-order valence-electron chi connectivity index (χ0n) is 10.4. The molecule has 0 amide bonds. The smallest absolute Gasteiger partial charge is 0.0805 e. The molecule has 0 aromatic heterocycles. The van der Waals surface area contributed by atoms with Crippen LogP contribution in [-0.2, 0) is 4.74 Å². The maximum Gasteiger partial charge on any atom is 0.0805 e. The van der Waals surface area contributed by atoms with Crippen LogP contribution in [0.5, 0.6) is 0 Å². The summed E-state index contributed by atoms with van der Waals surface area (Å²) in [6.07, 6.45) is 3.46. The van der Waals surface area contributed by atoms with E-state index in [9.17, 15) is 0 Å². The van der Waals surface area contributed by atoms with Gasteiger partial charge in [-0.15, -0.1) is 0 Å². The second-order valence-electron chi connectivity index (χ2n) is 3.87. The quantitative estimate of drug-likeness (QED) is 0.547. The lowest BCUT2D eigenvalue weighted by Gasteiger charge is -2.11. The van der Waals surface area contributed by atoms with Crippen molar-refractivity contribution in [3.05, 3.63) is 35.4 Å². The molecular formula is C15H20O. The highest BCUT2D eigenvalue weighted by Crippen LogP contribution is 2.19. The van der Waals surface area contributed by atoms with E-state index >= 15 is 0 Å². The highest BCUT2D eigenvalue weighted by molar-refractivity contribution is 5.42. The Hall–Kier alpha value is -1.26. The van der Waals surface area contributed by atoms with Crippen molar-refractivity contribution in [2.24, 2.45) is 0 Å². The van der Waals surface area contributed by atoms with E-state index in [2.05, 4.69) is 30.9 Å². The molecule has 1 aromatic carbocycles. The van der Waals surface area contributed by atoms with Gasteiger partial charge in [0.2, 0.25) is 0 Å². The van der Waals surface area contributed by atoms with Crippen LogP contribution in [0.3, 0.4) is 0 Å². The van der Waals surface area contributed by atoms with E-state index in [0.29, 0.717) is 0 Å². The van der Waals surface area contributed by atoms with Gasteiger partial charge in [-0.1, -0.05) is 43.4 Å². The van der Waals surface area contributed by atoms with E-state index in [1.165, 1.54) is 18.4 Å². The van der Waals surface area contributed by atoms with Crippen molar-refractivity contribution in [1.82, 2.24) is 0 Å². The molecule has 16 heavy (non-hydrogen) atoms. The van der Waals surface area contributed by atoms with Crippen molar-refractivity contribution < 1.29 is 4.74 Å². The molecule has 1 nitrogen and oxygen atoms in total. The van der Waals surface area contributed by atoms with Crippen molar-refractivity contribution in [2.45, 2.75) is 39.2 Å². The third kappa shape index (κ3) is 3.72. The Labute approximate surface area is 98.8 Å². The summed E-state index contributed by atoms with van der Waals surface area (Å²) >= 11 is 0. The number of unbranched alkanes of at least 4 members (excludes halogenated alkanes) is 2. The predicted molar refractivity (Wildman–Crippen MR) is 68.3 cm³/mol. The lowest BCUT2D eigenvalue weighted by molar-refractivity contribution is 0.119. The summed E-state index contributed by atoms with van der Waals surface area (Å²) in [6, 6.07) is 8.19. The van der Waals surface area contributed by atoms with Crippen LogP contribution in [-0.4, -0.2) is 7.11 Å². The van der Waals surface area contributed by atoms with Crippen LogP contribution >= 0.6 is 0 Å². The molecule has 1 atom stereocenters. The third-order valence-electron chi connectivity index (χ3n) is 2.63. The molecule has 0 saturated heterocycles. The molecule has 0 fully saturated rings. The second kappa shape index (κ2) is 7.09. The Kier molecular flexibility index (Phi) is 5.67. The zero-order chi connectivity index (χ0) is 11.8. The lowest BCUT2D eigenvalue weighted by atomic mass is 10.0. The maximum atomic E-state index is 5.34. The lowest BCUT2D eigenvalue weighted by Crippen LogP contribution is -1.98. The van der Waals surface area contributed by atoms with E-state index in [4.69, 9.17) is 4.74 Å². The van der Waals surface area contributed by atoms with E-state index in [1.54, 1.807) is 7.11 Å². The standard InChI is InChI=1S/C15H20O/c1-4-5-6-7-10-14-11-8-9-12-15(14)13(2)16-3/h8-9,11-13H,4-6H2,1-3H3. The Morgan fingerprint density at radius 1 is 1.31 bits per heavy atom. The van der Waals surface area contributed by atoms with Gasteiger partial charge in [-0.2, -0.15) is 0 Å². The Morgan fingerprint density at radius 3 is 2.75 bits per heavy atom. The largest absolute Gasteiger partial charge is 0.377 e. The molecule has 0 heterocycles. The molecule has 1 aromatic rings. The summed E-state index contributed by atoms with van der Waals surface area (Å²) in [5.41, 5.74) is 2.27. The summed E-state index contributed by atoms with van der Waals surface area (Å²) in [6.45, 7) is 4.23. The fraction of sp³-hybridized carbons (Fsp3) is 0.467. The van der Waals surface area contributed by atoms with Crippen molar-refractivity contribution in [3.63, 3.8) is 0 Å². The average Bonchev–Trinajstić information content (AvgIpc) is 2.34. The van der Waals surface area contributed by atoms with Crippen molar-refractivity contribution in [3.8, 4) is 11.8 Å². The van der Waals surface area contributed by atoms with E-state index in [1.807, 2.05) is 19.1 Å². The van der Waals surface area contributed by atoms with E-state index in [0.717, 1.165) is 12.0 Å². The van der Waals surface area contributed by atoms with Gasteiger partial charge in [-0.05, 0) is 25.0 Å². The molecule has 1 rings (SSSR count). The summed E-state index contributed by atoms with van der Waals surface area (Å²) in [5, 5.41) is 0. The third-order valence-corrected chi connectivity index (χ3v) is 2.63. The fourth-order valence-corrected chi connectivity index (χ4v) is 1.52. The number of hydrogen-bond acceptors (Lipinski definition) is 1. The van der Waals surface area contributed by atoms with Gasteiger partial charge in [0.05, 0.1) is 6.10 Å². The number of benzene rings is 1. The van der Waals surface area contributed by atoms with Gasteiger partial charge >= 0.3 is 0 Å². The van der Waals surface area contributed by atoms with E-state index in [-0.39, 0.29) is 6.10 Å². The normalized spacial score (nSPS) is 11.7. The van der Waals surface area contributed by atoms with Gasteiger partial charge in [0.15, 0.2) is 0 Å². The minimum atomic E-state index is 0.108. The molecular weight excluding hydrogens is 196 g/mol. The highest BCUT2D eigenvalue weighted by atomic mass is 16.5. The highest BCUT2D eigenvalue weighted by Gasteiger charge is 2.06. The van der Waals surface area contributed by atoms with Gasteiger partial charge in [-0.25, -0.2) is 0 Å². The van der Waals surface area contributed by atoms with Crippen LogP contribution in [0.25, 0.3) is 0 Å². The van der Waals surface area contributed by atoms with Crippen molar-refractivity contribution in [1.29, 1.82) is 0 Å². The molecule has 0 radical (unpaired) electrons. The summed E-state index contributed by atoms with van der Waals surface area (Å²) in [5.74, 6) is 6.45. The van der Waals surface area contributed by atoms with Crippen molar-refractivity contribution >= 4 is 0 Å². The molecule has 0 bridgehead atoms. The monoisotopic (exact) mass is 216 g/mol. The van der Waals surface area contributed by atoms with E-state index < -0.39 is 0 Å². The predicted octanol–water partition coefficient (Wildman–Crippen LogP) is 3.94. The molecule has 0 spiro atoms. The SMILES string of the molecule is CCCCC#Cc1ccccc1C(C)OC. The first-order valence-electron chi connectivity index (χ1n) is 5.90. The fourth-order valence-electron chi connectivity index (χ4n) is 1.52. The summed E-state index contributed by atoms with van der Waals surface area (Å²) in [7, 11) is 1.73. The van der Waals surface area contributed by atoms with Gasteiger partial charge in [0.1, 0.15) is 0 Å². The first-order valence-corrected chi connectivity index (χ1v) is 5.90. The first kappa shape index (κ1) is 12.8. The minimum Gasteiger partial charge on any atom is -0.377 e. The maximum absolute atomic E-state index is 5.34. The first-order chi connectivity index (χ1) is 7.79. The number of rotatable bonds is 4. The topological polar surface area (TPSA) is 9.23 Å². The van der Waals surface area contributed by atoms with Gasteiger partial charge in [-0.3, -0.25) is 0 Å². The molecule has 1 heteroatoms. The molecule has 86 valence electrons. The molecule has 0 aliphatic carbocycles. The Balaban J connectivity index is 2.81. The number of methoxy groups -OCH3 is 1. The number of ether oxygens (including phenoxy) is 1. The van der Waals surface area contributed by atoms with Crippen LogP contribution in [0.4, 0.5) is 0 Å². The molecule has 0 aliphatic rings. The second-order valence-corrected chi connectivity index (χ2v) is 3.87. The number of hydrogen-bond donors (Lipinski definition) is 0. The van der Waals surface area contributed by atoms with Crippen LogP contribution in [0, 0.1) is 11.8 Å². The molecule has 0 saturated carbocycles. The summed E-state index contributed by atoms with van der Waals surface area (Å²) < 4.78 is 5.34. The van der Waals surface area contributed by atoms with Crippen LogP contribution in [0.15, 0.2) is 24.3 Å². The minimum absolute atomic E-state index is 0.108. The summed E-state index contributed by atoms with van der Waals surface area (Å²) in [4.78, 5) is 0. The van der Waals surface area contributed by atoms with Crippen LogP contribution < -0.4 is 0 Å². The molecule has 0 aliphatic heterocycles. The molecule has 1 unspecified atom stereocenters. The van der Waals surface area contributed by atoms with Crippen LogP contribution in [0.2, 0.25) is 0 Å².